The second-order valence-corrected chi connectivity index (χ2v) is 9.18. The van der Waals surface area contributed by atoms with Crippen molar-refractivity contribution in [3.8, 4) is 0 Å². The number of nitrogens with zero attached hydrogens (tertiary/aromatic N) is 4. The van der Waals surface area contributed by atoms with Crippen molar-refractivity contribution in [2.24, 2.45) is 0 Å². The molecule has 9 nitrogen and oxygen atoms in total. The van der Waals surface area contributed by atoms with E-state index in [2.05, 4.69) is 10.2 Å². The lowest BCUT2D eigenvalue weighted by molar-refractivity contribution is -0.133. The summed E-state index contributed by atoms with van der Waals surface area (Å²) < 4.78 is 0. The van der Waals surface area contributed by atoms with Crippen LogP contribution in [0.25, 0.3) is 0 Å². The first-order chi connectivity index (χ1) is 15.8. The fraction of sp³-hybridized carbons (Fsp3) is 0.583. The van der Waals surface area contributed by atoms with E-state index in [9.17, 15) is 19.2 Å². The number of rotatable bonds is 7. The normalized spacial score (nSPS) is 22.9. The van der Waals surface area contributed by atoms with Crippen LogP contribution in [0.15, 0.2) is 24.3 Å². The molecule has 0 saturated carbocycles. The highest BCUT2D eigenvalue weighted by atomic mass is 16.2. The van der Waals surface area contributed by atoms with Gasteiger partial charge in [0.05, 0.1) is 17.8 Å². The summed E-state index contributed by atoms with van der Waals surface area (Å²) in [6.07, 6.45) is 2.06. The number of anilines is 1. The lowest BCUT2D eigenvalue weighted by Crippen LogP contribution is -2.62. The molecule has 1 N–H and O–H groups in total. The standard InChI is InChI=1S/C24H33N5O4/c1-3-11-25-20(30)17-26-13-15-27(16-14-26)21(31)9-12-28-23(33)18-6-4-5-7-19(18)29-22(32)8-10-24(28,29)2/h4-7H,3,8-17H2,1-2H3,(H,25,30). The monoisotopic (exact) mass is 455 g/mol. The first-order valence-electron chi connectivity index (χ1n) is 11.9. The summed E-state index contributed by atoms with van der Waals surface area (Å²) >= 11 is 0. The molecule has 0 radical (unpaired) electrons. The number of hydrogen-bond acceptors (Lipinski definition) is 5. The number of para-hydroxylation sites is 1. The number of amides is 4. The van der Waals surface area contributed by atoms with Gasteiger partial charge in [0, 0.05) is 52.1 Å². The Hall–Kier alpha value is -2.94. The molecule has 4 amide bonds. The van der Waals surface area contributed by atoms with Gasteiger partial charge in [-0.05, 0) is 31.9 Å². The highest BCUT2D eigenvalue weighted by molar-refractivity contribution is 6.10. The van der Waals surface area contributed by atoms with Crippen molar-refractivity contribution in [3.05, 3.63) is 29.8 Å². The van der Waals surface area contributed by atoms with Crippen molar-refractivity contribution in [2.75, 3.05) is 50.7 Å². The smallest absolute Gasteiger partial charge is 0.257 e. The van der Waals surface area contributed by atoms with Gasteiger partial charge in [-0.1, -0.05) is 19.1 Å². The maximum atomic E-state index is 13.3. The Bertz CT molecular complexity index is 943. The number of piperazine rings is 1. The molecule has 3 aliphatic rings. The largest absolute Gasteiger partial charge is 0.355 e. The highest BCUT2D eigenvalue weighted by Gasteiger charge is 2.52. The van der Waals surface area contributed by atoms with Crippen molar-refractivity contribution in [2.45, 2.75) is 45.2 Å². The zero-order valence-corrected chi connectivity index (χ0v) is 19.5. The van der Waals surface area contributed by atoms with Gasteiger partial charge in [0.2, 0.25) is 17.7 Å². The lowest BCUT2D eigenvalue weighted by atomic mass is 9.98. The van der Waals surface area contributed by atoms with Crippen molar-refractivity contribution in [1.82, 2.24) is 20.0 Å². The minimum absolute atomic E-state index is 0.00350. The molecular weight excluding hydrogens is 422 g/mol. The molecule has 0 bridgehead atoms. The third-order valence-electron chi connectivity index (χ3n) is 6.96. The first-order valence-corrected chi connectivity index (χ1v) is 11.9. The molecule has 0 aromatic heterocycles. The van der Waals surface area contributed by atoms with Crippen LogP contribution < -0.4 is 10.2 Å². The molecule has 1 unspecified atom stereocenters. The number of carbonyl (C=O) groups is 4. The van der Waals surface area contributed by atoms with Gasteiger partial charge in [0.1, 0.15) is 5.66 Å². The first kappa shape index (κ1) is 23.2. The zero-order chi connectivity index (χ0) is 23.6. The summed E-state index contributed by atoms with van der Waals surface area (Å²) in [7, 11) is 0. The van der Waals surface area contributed by atoms with Crippen molar-refractivity contribution >= 4 is 29.3 Å². The van der Waals surface area contributed by atoms with Gasteiger partial charge in [0.25, 0.3) is 5.91 Å². The van der Waals surface area contributed by atoms with E-state index in [1.807, 2.05) is 30.9 Å². The van der Waals surface area contributed by atoms with E-state index < -0.39 is 5.66 Å². The number of fused-ring (bicyclic) bond motifs is 3. The molecule has 178 valence electrons. The topological polar surface area (TPSA) is 93.3 Å². The summed E-state index contributed by atoms with van der Waals surface area (Å²) in [6.45, 7) is 7.68. The van der Waals surface area contributed by atoms with Crippen LogP contribution in [0.5, 0.6) is 0 Å². The molecule has 3 heterocycles. The molecule has 1 atom stereocenters. The fourth-order valence-corrected chi connectivity index (χ4v) is 5.09. The Kier molecular flexibility index (Phi) is 6.69. The lowest BCUT2D eigenvalue weighted by Gasteiger charge is -2.48. The molecule has 4 rings (SSSR count). The highest BCUT2D eigenvalue weighted by Crippen LogP contribution is 2.43. The predicted octanol–water partition coefficient (Wildman–Crippen LogP) is 1.05. The van der Waals surface area contributed by atoms with Crippen LogP contribution in [0.2, 0.25) is 0 Å². The molecule has 2 fully saturated rings. The Morgan fingerprint density at radius 1 is 1.09 bits per heavy atom. The van der Waals surface area contributed by atoms with Gasteiger partial charge in [-0.2, -0.15) is 0 Å². The summed E-state index contributed by atoms with van der Waals surface area (Å²) in [5, 5.41) is 2.88. The summed E-state index contributed by atoms with van der Waals surface area (Å²) in [5.74, 6) is -0.108. The number of nitrogens with one attached hydrogen (secondary N) is 1. The van der Waals surface area contributed by atoms with Crippen LogP contribution in [0.1, 0.15) is 49.9 Å². The van der Waals surface area contributed by atoms with Crippen LogP contribution in [0, 0.1) is 0 Å². The van der Waals surface area contributed by atoms with Gasteiger partial charge in [0.15, 0.2) is 0 Å². The van der Waals surface area contributed by atoms with E-state index in [4.69, 9.17) is 0 Å². The van der Waals surface area contributed by atoms with E-state index in [-0.39, 0.29) is 36.6 Å². The van der Waals surface area contributed by atoms with Gasteiger partial charge >= 0.3 is 0 Å². The quantitative estimate of drug-likeness (QED) is 0.663. The van der Waals surface area contributed by atoms with Gasteiger partial charge in [-0.15, -0.1) is 0 Å². The number of benzene rings is 1. The molecule has 33 heavy (non-hydrogen) atoms. The van der Waals surface area contributed by atoms with Crippen molar-refractivity contribution in [1.29, 1.82) is 0 Å². The van der Waals surface area contributed by atoms with Crippen LogP contribution in [-0.2, 0) is 14.4 Å². The van der Waals surface area contributed by atoms with Crippen LogP contribution >= 0.6 is 0 Å². The minimum Gasteiger partial charge on any atom is -0.355 e. The van der Waals surface area contributed by atoms with Gasteiger partial charge in [-0.25, -0.2) is 0 Å². The second kappa shape index (κ2) is 9.51. The zero-order valence-electron chi connectivity index (χ0n) is 19.5. The number of carbonyl (C=O) groups excluding carboxylic acids is 4. The predicted molar refractivity (Wildman–Crippen MR) is 124 cm³/mol. The molecule has 0 aliphatic carbocycles. The second-order valence-electron chi connectivity index (χ2n) is 9.18. The SMILES string of the molecule is CCCNC(=O)CN1CCN(C(=O)CCN2C(=O)c3ccccc3N3C(=O)CCC23C)CC1. The van der Waals surface area contributed by atoms with Gasteiger partial charge in [-0.3, -0.25) is 29.0 Å². The van der Waals surface area contributed by atoms with Gasteiger partial charge < -0.3 is 15.1 Å². The maximum absolute atomic E-state index is 13.3. The van der Waals surface area contributed by atoms with E-state index in [1.165, 1.54) is 0 Å². The molecule has 3 aliphatic heterocycles. The van der Waals surface area contributed by atoms with Crippen molar-refractivity contribution < 1.29 is 19.2 Å². The Morgan fingerprint density at radius 3 is 2.55 bits per heavy atom. The van der Waals surface area contributed by atoms with E-state index in [0.29, 0.717) is 63.4 Å². The molecule has 1 aromatic rings. The van der Waals surface area contributed by atoms with E-state index in [0.717, 1.165) is 6.42 Å². The average Bonchev–Trinajstić information content (AvgIpc) is 3.13. The molecule has 0 spiro atoms. The Balaban J connectivity index is 1.35. The summed E-state index contributed by atoms with van der Waals surface area (Å²) in [6, 6.07) is 7.20. The van der Waals surface area contributed by atoms with E-state index >= 15 is 0 Å². The summed E-state index contributed by atoms with van der Waals surface area (Å²) in [4.78, 5) is 58.1. The third kappa shape index (κ3) is 4.46. The molecular formula is C24H33N5O4. The minimum atomic E-state index is -0.743. The number of hydrogen-bond donors (Lipinski definition) is 1. The third-order valence-corrected chi connectivity index (χ3v) is 6.96. The Labute approximate surface area is 194 Å². The maximum Gasteiger partial charge on any atom is 0.257 e. The van der Waals surface area contributed by atoms with Crippen molar-refractivity contribution in [3.63, 3.8) is 0 Å². The average molecular weight is 456 g/mol. The summed E-state index contributed by atoms with van der Waals surface area (Å²) in [5.41, 5.74) is 0.426. The van der Waals surface area contributed by atoms with Crippen LogP contribution in [0.3, 0.4) is 0 Å². The molecule has 9 heteroatoms. The Morgan fingerprint density at radius 2 is 1.82 bits per heavy atom. The fourth-order valence-electron chi connectivity index (χ4n) is 5.09. The van der Waals surface area contributed by atoms with Crippen LogP contribution in [-0.4, -0.2) is 89.8 Å². The molecule has 2 saturated heterocycles. The van der Waals surface area contributed by atoms with Crippen LogP contribution in [0.4, 0.5) is 5.69 Å². The van der Waals surface area contributed by atoms with E-state index in [1.54, 1.807) is 21.9 Å². The molecule has 1 aromatic carbocycles.